The van der Waals surface area contributed by atoms with E-state index in [1.807, 2.05) is 6.07 Å². The Kier molecular flexibility index (Phi) is 2.77. The molecule has 0 spiro atoms. The maximum Gasteiger partial charge on any atom is 0.0595 e. The Morgan fingerprint density at radius 3 is 2.17 bits per heavy atom. The van der Waals surface area contributed by atoms with E-state index >= 15 is 0 Å². The predicted octanol–water partition coefficient (Wildman–Crippen LogP) is 3.58. The quantitative estimate of drug-likeness (QED) is 0.857. The van der Waals surface area contributed by atoms with Gasteiger partial charge in [0.25, 0.3) is 0 Å². The van der Waals surface area contributed by atoms with Gasteiger partial charge in [-0.3, -0.25) is 5.01 Å². The molecule has 1 N–H and O–H groups in total. The average molecular weight is 236 g/mol. The standard InChI is InChI=1S/C16H16N2/c1-13-11-12-18(17-13)16-9-7-15(8-10-16)14-5-3-2-4-6-14/h2-11,17H,12H2,1H3. The van der Waals surface area contributed by atoms with Gasteiger partial charge >= 0.3 is 0 Å². The number of hydrogen-bond donors (Lipinski definition) is 1. The molecule has 1 aliphatic heterocycles. The average Bonchev–Trinajstić information content (AvgIpc) is 2.87. The van der Waals surface area contributed by atoms with Gasteiger partial charge in [-0.15, -0.1) is 0 Å². The van der Waals surface area contributed by atoms with Crippen LogP contribution in [0.15, 0.2) is 66.4 Å². The van der Waals surface area contributed by atoms with Crippen molar-refractivity contribution in [3.63, 3.8) is 0 Å². The summed E-state index contributed by atoms with van der Waals surface area (Å²) in [4.78, 5) is 0. The number of hydrogen-bond acceptors (Lipinski definition) is 2. The van der Waals surface area contributed by atoms with Crippen LogP contribution in [0.5, 0.6) is 0 Å². The van der Waals surface area contributed by atoms with Gasteiger partial charge in [0.15, 0.2) is 0 Å². The Balaban J connectivity index is 1.82. The van der Waals surface area contributed by atoms with Crippen LogP contribution in [0.4, 0.5) is 5.69 Å². The van der Waals surface area contributed by atoms with Gasteiger partial charge in [0, 0.05) is 5.70 Å². The first kappa shape index (κ1) is 10.9. The van der Waals surface area contributed by atoms with Gasteiger partial charge in [0.05, 0.1) is 12.2 Å². The number of anilines is 1. The summed E-state index contributed by atoms with van der Waals surface area (Å²) in [6, 6.07) is 19.1. The lowest BCUT2D eigenvalue weighted by Crippen LogP contribution is -2.31. The van der Waals surface area contributed by atoms with Crippen LogP contribution in [0.25, 0.3) is 11.1 Å². The summed E-state index contributed by atoms with van der Waals surface area (Å²) in [6.45, 7) is 3.01. The predicted molar refractivity (Wildman–Crippen MR) is 76.1 cm³/mol. The summed E-state index contributed by atoms with van der Waals surface area (Å²) in [5.41, 5.74) is 8.24. The summed E-state index contributed by atoms with van der Waals surface area (Å²) in [6.07, 6.45) is 2.19. The fraction of sp³-hybridized carbons (Fsp3) is 0.125. The molecule has 0 radical (unpaired) electrons. The molecule has 0 amide bonds. The van der Waals surface area contributed by atoms with Crippen molar-refractivity contribution in [1.82, 2.24) is 5.43 Å². The molecule has 0 aromatic heterocycles. The smallest absolute Gasteiger partial charge is 0.0595 e. The van der Waals surface area contributed by atoms with Gasteiger partial charge in [-0.1, -0.05) is 42.5 Å². The number of rotatable bonds is 2. The lowest BCUT2D eigenvalue weighted by Gasteiger charge is -2.20. The summed E-state index contributed by atoms with van der Waals surface area (Å²) in [5.74, 6) is 0. The normalized spacial score (nSPS) is 14.3. The monoisotopic (exact) mass is 236 g/mol. The maximum atomic E-state index is 3.32. The van der Waals surface area contributed by atoms with Crippen molar-refractivity contribution in [2.45, 2.75) is 6.92 Å². The molecule has 2 heteroatoms. The van der Waals surface area contributed by atoms with E-state index in [0.717, 1.165) is 6.54 Å². The SMILES string of the molecule is CC1=CCN(c2ccc(-c3ccccc3)cc2)N1. The molecular formula is C16H16N2. The third kappa shape index (κ3) is 2.09. The zero-order valence-electron chi connectivity index (χ0n) is 10.4. The summed E-state index contributed by atoms with van der Waals surface area (Å²) in [5, 5.41) is 2.14. The van der Waals surface area contributed by atoms with Crippen molar-refractivity contribution in [3.05, 3.63) is 66.4 Å². The molecule has 0 aliphatic carbocycles. The first-order valence-corrected chi connectivity index (χ1v) is 6.19. The Morgan fingerprint density at radius 2 is 1.56 bits per heavy atom. The highest BCUT2D eigenvalue weighted by molar-refractivity contribution is 5.66. The number of nitrogens with one attached hydrogen (secondary N) is 1. The second-order valence-electron chi connectivity index (χ2n) is 4.52. The van der Waals surface area contributed by atoms with Gasteiger partial charge < -0.3 is 5.43 Å². The fourth-order valence-corrected chi connectivity index (χ4v) is 2.17. The molecule has 90 valence electrons. The van der Waals surface area contributed by atoms with Crippen LogP contribution in [0.2, 0.25) is 0 Å². The molecule has 0 unspecified atom stereocenters. The number of benzene rings is 2. The minimum Gasteiger partial charge on any atom is -0.303 e. The molecule has 2 aromatic carbocycles. The highest BCUT2D eigenvalue weighted by atomic mass is 15.5. The van der Waals surface area contributed by atoms with Crippen molar-refractivity contribution in [2.24, 2.45) is 0 Å². The van der Waals surface area contributed by atoms with E-state index in [1.165, 1.54) is 22.5 Å². The Labute approximate surface area is 108 Å². The lowest BCUT2D eigenvalue weighted by atomic mass is 10.1. The van der Waals surface area contributed by atoms with E-state index in [-0.39, 0.29) is 0 Å². The molecule has 18 heavy (non-hydrogen) atoms. The third-order valence-corrected chi connectivity index (χ3v) is 3.18. The first-order chi connectivity index (χ1) is 8.83. The van der Waals surface area contributed by atoms with Crippen molar-refractivity contribution < 1.29 is 0 Å². The molecule has 0 fully saturated rings. The molecule has 2 nitrogen and oxygen atoms in total. The van der Waals surface area contributed by atoms with Crippen LogP contribution in [-0.2, 0) is 0 Å². The lowest BCUT2D eigenvalue weighted by molar-refractivity contribution is 0.805. The summed E-state index contributed by atoms with van der Waals surface area (Å²) in [7, 11) is 0. The highest BCUT2D eigenvalue weighted by Crippen LogP contribution is 2.23. The van der Waals surface area contributed by atoms with Crippen LogP contribution in [-0.4, -0.2) is 6.54 Å². The second kappa shape index (κ2) is 4.57. The molecule has 0 saturated carbocycles. The molecular weight excluding hydrogens is 220 g/mol. The van der Waals surface area contributed by atoms with Crippen LogP contribution in [0, 0.1) is 0 Å². The molecule has 0 saturated heterocycles. The van der Waals surface area contributed by atoms with Crippen molar-refractivity contribution in [1.29, 1.82) is 0 Å². The van der Waals surface area contributed by atoms with E-state index in [0.29, 0.717) is 0 Å². The zero-order chi connectivity index (χ0) is 12.4. The van der Waals surface area contributed by atoms with E-state index < -0.39 is 0 Å². The minimum absolute atomic E-state index is 0.927. The second-order valence-corrected chi connectivity index (χ2v) is 4.52. The van der Waals surface area contributed by atoms with E-state index in [2.05, 4.69) is 72.0 Å². The minimum atomic E-state index is 0.927. The highest BCUT2D eigenvalue weighted by Gasteiger charge is 2.10. The Bertz CT molecular complexity index is 555. The Morgan fingerprint density at radius 1 is 0.889 bits per heavy atom. The van der Waals surface area contributed by atoms with Gasteiger partial charge in [0.2, 0.25) is 0 Å². The van der Waals surface area contributed by atoms with Gasteiger partial charge in [0.1, 0.15) is 0 Å². The number of nitrogens with zero attached hydrogens (tertiary/aromatic N) is 1. The summed E-state index contributed by atoms with van der Waals surface area (Å²) < 4.78 is 0. The van der Waals surface area contributed by atoms with Crippen LogP contribution in [0.1, 0.15) is 6.92 Å². The zero-order valence-corrected chi connectivity index (χ0v) is 10.4. The van der Waals surface area contributed by atoms with Crippen molar-refractivity contribution >= 4 is 5.69 Å². The van der Waals surface area contributed by atoms with E-state index in [9.17, 15) is 0 Å². The molecule has 1 aliphatic rings. The van der Waals surface area contributed by atoms with E-state index in [1.54, 1.807) is 0 Å². The van der Waals surface area contributed by atoms with Crippen molar-refractivity contribution in [2.75, 3.05) is 11.6 Å². The first-order valence-electron chi connectivity index (χ1n) is 6.19. The van der Waals surface area contributed by atoms with Gasteiger partial charge in [-0.05, 0) is 36.3 Å². The molecule has 1 heterocycles. The summed E-state index contributed by atoms with van der Waals surface area (Å²) >= 11 is 0. The fourth-order valence-electron chi connectivity index (χ4n) is 2.17. The topological polar surface area (TPSA) is 15.3 Å². The van der Waals surface area contributed by atoms with Crippen molar-refractivity contribution in [3.8, 4) is 11.1 Å². The maximum absolute atomic E-state index is 3.32. The molecule has 0 atom stereocenters. The van der Waals surface area contributed by atoms with E-state index in [4.69, 9.17) is 0 Å². The van der Waals surface area contributed by atoms with Gasteiger partial charge in [-0.25, -0.2) is 0 Å². The van der Waals surface area contributed by atoms with Crippen LogP contribution in [0.3, 0.4) is 0 Å². The Hall–Kier alpha value is -2.22. The van der Waals surface area contributed by atoms with Crippen LogP contribution >= 0.6 is 0 Å². The third-order valence-electron chi connectivity index (χ3n) is 3.18. The van der Waals surface area contributed by atoms with Gasteiger partial charge in [-0.2, -0.15) is 0 Å². The molecule has 3 rings (SSSR count). The number of hydrazine groups is 1. The number of allylic oxidation sites excluding steroid dienone is 1. The largest absolute Gasteiger partial charge is 0.303 e. The van der Waals surface area contributed by atoms with Crippen LogP contribution < -0.4 is 10.4 Å². The molecule has 2 aromatic rings. The molecule has 0 bridgehead atoms.